The van der Waals surface area contributed by atoms with E-state index in [1.54, 1.807) is 11.9 Å². The lowest BCUT2D eigenvalue weighted by atomic mass is 9.99. The van der Waals surface area contributed by atoms with Crippen LogP contribution in [-0.2, 0) is 11.2 Å². The van der Waals surface area contributed by atoms with Gasteiger partial charge in [-0.05, 0) is 55.2 Å². The van der Waals surface area contributed by atoms with Crippen molar-refractivity contribution in [3.8, 4) is 11.1 Å². The highest BCUT2D eigenvalue weighted by Crippen LogP contribution is 2.24. The van der Waals surface area contributed by atoms with Crippen molar-refractivity contribution in [2.75, 3.05) is 11.9 Å². The van der Waals surface area contributed by atoms with Crippen LogP contribution in [0.5, 0.6) is 0 Å². The minimum atomic E-state index is 0.0854. The molecule has 0 spiro atoms. The van der Waals surface area contributed by atoms with Gasteiger partial charge in [-0.3, -0.25) is 14.6 Å². The molecule has 1 amide bonds. The molecule has 0 aliphatic rings. The number of carbonyl (C=O) groups excluding carboxylic acids is 2. The summed E-state index contributed by atoms with van der Waals surface area (Å²) in [5.74, 6) is 0.221. The van der Waals surface area contributed by atoms with Crippen LogP contribution in [-0.4, -0.2) is 23.7 Å². The Bertz CT molecular complexity index is 1040. The summed E-state index contributed by atoms with van der Waals surface area (Å²) in [5, 5.41) is 0. The molecule has 0 bridgehead atoms. The molecule has 0 aliphatic carbocycles. The van der Waals surface area contributed by atoms with E-state index < -0.39 is 0 Å². The van der Waals surface area contributed by atoms with Gasteiger partial charge in [0.15, 0.2) is 5.78 Å². The number of Topliss-reactive ketones (excluding diaryl/α,β-unsaturated/α-hetero) is 1. The van der Waals surface area contributed by atoms with Crippen LogP contribution < -0.4 is 4.90 Å². The average Bonchev–Trinajstić information content (AvgIpc) is 2.77. The number of ketones is 1. The van der Waals surface area contributed by atoms with Crippen LogP contribution >= 0.6 is 0 Å². The van der Waals surface area contributed by atoms with Gasteiger partial charge in [-0.2, -0.15) is 0 Å². The van der Waals surface area contributed by atoms with E-state index in [0.29, 0.717) is 19.3 Å². The lowest BCUT2D eigenvalue weighted by molar-refractivity contribution is -0.118. The molecule has 0 aliphatic heterocycles. The number of carbonyl (C=O) groups is 2. The van der Waals surface area contributed by atoms with Crippen molar-refractivity contribution in [2.24, 2.45) is 0 Å². The predicted octanol–water partition coefficient (Wildman–Crippen LogP) is 5.55. The zero-order valence-electron chi connectivity index (χ0n) is 18.1. The van der Waals surface area contributed by atoms with Crippen LogP contribution in [0.15, 0.2) is 60.7 Å². The normalized spacial score (nSPS) is 10.7. The van der Waals surface area contributed by atoms with Crippen LogP contribution in [0, 0.1) is 13.8 Å². The molecule has 154 valence electrons. The first-order valence-corrected chi connectivity index (χ1v) is 10.3. The fraction of sp³-hybridized carbons (Fsp3) is 0.269. The Morgan fingerprint density at radius 1 is 0.867 bits per heavy atom. The van der Waals surface area contributed by atoms with Gasteiger partial charge in [0.05, 0.1) is 0 Å². The molecule has 1 aromatic heterocycles. The van der Waals surface area contributed by atoms with Crippen LogP contribution in [0.3, 0.4) is 0 Å². The number of amides is 1. The number of aromatic nitrogens is 1. The molecular formula is C26H28N2O2. The minimum Gasteiger partial charge on any atom is -0.316 e. The molecule has 0 saturated carbocycles. The van der Waals surface area contributed by atoms with Gasteiger partial charge < -0.3 is 4.90 Å². The molecule has 0 N–H and O–H groups in total. The lowest BCUT2D eigenvalue weighted by Gasteiger charge is -2.16. The van der Waals surface area contributed by atoms with Gasteiger partial charge in [-0.15, -0.1) is 0 Å². The number of hydrogen-bond donors (Lipinski definition) is 0. The zero-order valence-corrected chi connectivity index (χ0v) is 18.1. The molecule has 0 radical (unpaired) electrons. The van der Waals surface area contributed by atoms with E-state index in [0.717, 1.165) is 39.3 Å². The molecule has 2 aromatic carbocycles. The van der Waals surface area contributed by atoms with Crippen molar-refractivity contribution < 1.29 is 9.59 Å². The first kappa shape index (κ1) is 21.4. The summed E-state index contributed by atoms with van der Waals surface area (Å²) in [5.41, 5.74) is 6.80. The summed E-state index contributed by atoms with van der Waals surface area (Å²) < 4.78 is 0. The maximum atomic E-state index is 12.6. The number of aryl methyl sites for hydroxylation is 3. The molecule has 1 heterocycles. The van der Waals surface area contributed by atoms with Crippen molar-refractivity contribution in [3.05, 3.63) is 83.2 Å². The third-order valence-corrected chi connectivity index (χ3v) is 5.43. The van der Waals surface area contributed by atoms with Crippen LogP contribution in [0.2, 0.25) is 0 Å². The number of pyridine rings is 1. The highest BCUT2D eigenvalue weighted by Gasteiger charge is 2.10. The van der Waals surface area contributed by atoms with E-state index in [-0.39, 0.29) is 11.7 Å². The lowest BCUT2D eigenvalue weighted by Crippen LogP contribution is -2.24. The van der Waals surface area contributed by atoms with Crippen molar-refractivity contribution >= 4 is 17.4 Å². The minimum absolute atomic E-state index is 0.0854. The Labute approximate surface area is 178 Å². The summed E-state index contributed by atoms with van der Waals surface area (Å²) >= 11 is 0. The highest BCUT2D eigenvalue weighted by atomic mass is 16.2. The molecule has 0 atom stereocenters. The summed E-state index contributed by atoms with van der Waals surface area (Å²) in [6.07, 6.45) is 1.65. The van der Waals surface area contributed by atoms with Crippen molar-refractivity contribution in [1.82, 2.24) is 4.98 Å². The largest absolute Gasteiger partial charge is 0.316 e. The van der Waals surface area contributed by atoms with Gasteiger partial charge in [0.25, 0.3) is 0 Å². The van der Waals surface area contributed by atoms with Crippen molar-refractivity contribution in [3.63, 3.8) is 0 Å². The van der Waals surface area contributed by atoms with Crippen LogP contribution in [0.1, 0.15) is 47.1 Å². The Balaban J connectivity index is 1.65. The van der Waals surface area contributed by atoms with E-state index in [2.05, 4.69) is 11.1 Å². The molecule has 0 saturated heterocycles. The van der Waals surface area contributed by atoms with Gasteiger partial charge in [-0.1, -0.05) is 49.4 Å². The summed E-state index contributed by atoms with van der Waals surface area (Å²) in [4.78, 5) is 30.6. The quantitative estimate of drug-likeness (QED) is 0.488. The second kappa shape index (κ2) is 9.49. The number of rotatable bonds is 7. The van der Waals surface area contributed by atoms with Crippen molar-refractivity contribution in [1.29, 1.82) is 0 Å². The molecule has 4 heteroatoms. The second-order valence-corrected chi connectivity index (χ2v) is 7.55. The van der Waals surface area contributed by atoms with Gasteiger partial charge in [-0.25, -0.2) is 0 Å². The standard InChI is InChI=1S/C26H28N2O2/c1-5-26(30)28(4)24-15-12-22(13-16-24)21-8-10-23(11-9-21)25(29)17-14-20-7-6-18(2)27-19(20)3/h6-13,15-16H,5,14,17H2,1-4H3. The van der Waals surface area contributed by atoms with E-state index in [9.17, 15) is 9.59 Å². The van der Waals surface area contributed by atoms with Crippen molar-refractivity contribution in [2.45, 2.75) is 40.0 Å². The Hall–Kier alpha value is -3.27. The highest BCUT2D eigenvalue weighted by molar-refractivity contribution is 5.96. The van der Waals surface area contributed by atoms with Gasteiger partial charge in [0.1, 0.15) is 0 Å². The molecule has 0 fully saturated rings. The third kappa shape index (κ3) is 5.01. The second-order valence-electron chi connectivity index (χ2n) is 7.55. The van der Waals surface area contributed by atoms with Gasteiger partial charge in [0.2, 0.25) is 5.91 Å². The maximum absolute atomic E-state index is 12.6. The Morgan fingerprint density at radius 2 is 1.47 bits per heavy atom. The fourth-order valence-electron chi connectivity index (χ4n) is 3.48. The molecule has 3 aromatic rings. The molecule has 3 rings (SSSR count). The fourth-order valence-corrected chi connectivity index (χ4v) is 3.48. The third-order valence-electron chi connectivity index (χ3n) is 5.43. The van der Waals surface area contributed by atoms with Gasteiger partial charge >= 0.3 is 0 Å². The first-order chi connectivity index (χ1) is 14.4. The van der Waals surface area contributed by atoms with Gasteiger partial charge in [0, 0.05) is 42.5 Å². The Kier molecular flexibility index (Phi) is 6.78. The number of benzene rings is 2. The average molecular weight is 401 g/mol. The molecule has 0 unspecified atom stereocenters. The van der Waals surface area contributed by atoms with Crippen LogP contribution in [0.25, 0.3) is 11.1 Å². The topological polar surface area (TPSA) is 50.3 Å². The van der Waals surface area contributed by atoms with Crippen LogP contribution in [0.4, 0.5) is 5.69 Å². The summed E-state index contributed by atoms with van der Waals surface area (Å²) in [6, 6.07) is 19.7. The van der Waals surface area contributed by atoms with E-state index >= 15 is 0 Å². The maximum Gasteiger partial charge on any atom is 0.226 e. The Morgan fingerprint density at radius 3 is 2.03 bits per heavy atom. The molecule has 4 nitrogen and oxygen atoms in total. The summed E-state index contributed by atoms with van der Waals surface area (Å²) in [6.45, 7) is 5.82. The number of hydrogen-bond acceptors (Lipinski definition) is 3. The van der Waals surface area contributed by atoms with E-state index in [1.807, 2.05) is 75.4 Å². The summed E-state index contributed by atoms with van der Waals surface area (Å²) in [7, 11) is 1.79. The smallest absolute Gasteiger partial charge is 0.226 e. The zero-order chi connectivity index (χ0) is 21.7. The van der Waals surface area contributed by atoms with E-state index in [1.165, 1.54) is 0 Å². The molecular weight excluding hydrogens is 372 g/mol. The SMILES string of the molecule is CCC(=O)N(C)c1ccc(-c2ccc(C(=O)CCc3ccc(C)nc3C)cc2)cc1. The number of anilines is 1. The number of nitrogens with zero attached hydrogens (tertiary/aromatic N) is 2. The van der Waals surface area contributed by atoms with E-state index in [4.69, 9.17) is 0 Å². The molecule has 30 heavy (non-hydrogen) atoms. The predicted molar refractivity (Wildman–Crippen MR) is 122 cm³/mol. The first-order valence-electron chi connectivity index (χ1n) is 10.3. The monoisotopic (exact) mass is 400 g/mol.